The molecule has 0 aliphatic heterocycles. The lowest BCUT2D eigenvalue weighted by molar-refractivity contribution is 0.293. The zero-order valence-corrected chi connectivity index (χ0v) is 12.9. The first-order valence-electron chi connectivity index (χ1n) is 7.35. The molecule has 0 saturated heterocycles. The molecule has 0 aliphatic carbocycles. The average molecular weight is 265 g/mol. The van der Waals surface area contributed by atoms with Crippen molar-refractivity contribution < 1.29 is 4.74 Å². The summed E-state index contributed by atoms with van der Waals surface area (Å²) in [6.07, 6.45) is 3.26. The molecule has 4 nitrogen and oxygen atoms in total. The lowest BCUT2D eigenvalue weighted by atomic mass is 10.2. The van der Waals surface area contributed by atoms with Gasteiger partial charge in [-0.15, -0.1) is 0 Å². The molecule has 0 spiro atoms. The van der Waals surface area contributed by atoms with Gasteiger partial charge >= 0.3 is 0 Å². The number of nitrogens with zero attached hydrogens (tertiary/aromatic N) is 2. The molecule has 4 heteroatoms. The maximum absolute atomic E-state index is 5.80. The van der Waals surface area contributed by atoms with Crippen molar-refractivity contribution in [3.8, 4) is 5.88 Å². The molecule has 1 heterocycles. The Labute approximate surface area is 117 Å². The van der Waals surface area contributed by atoms with Gasteiger partial charge in [0.2, 0.25) is 5.88 Å². The Kier molecular flexibility index (Phi) is 6.60. The summed E-state index contributed by atoms with van der Waals surface area (Å²) >= 11 is 0. The van der Waals surface area contributed by atoms with Crippen LogP contribution in [0.1, 0.15) is 64.3 Å². The smallest absolute Gasteiger partial charge is 0.221 e. The summed E-state index contributed by atoms with van der Waals surface area (Å²) in [5, 5.41) is 3.36. The van der Waals surface area contributed by atoms with Gasteiger partial charge in [0.1, 0.15) is 11.6 Å². The minimum absolute atomic E-state index is 0.302. The quantitative estimate of drug-likeness (QED) is 0.724. The molecule has 0 atom stereocenters. The van der Waals surface area contributed by atoms with Crippen LogP contribution in [0.3, 0.4) is 0 Å². The van der Waals surface area contributed by atoms with Crippen LogP contribution in [0.25, 0.3) is 0 Å². The van der Waals surface area contributed by atoms with Gasteiger partial charge in [0, 0.05) is 12.5 Å². The van der Waals surface area contributed by atoms with Gasteiger partial charge in [0.15, 0.2) is 0 Å². The van der Waals surface area contributed by atoms with E-state index < -0.39 is 0 Å². The third-order valence-electron chi connectivity index (χ3n) is 2.91. The van der Waals surface area contributed by atoms with E-state index in [1.165, 1.54) is 0 Å². The summed E-state index contributed by atoms with van der Waals surface area (Å²) < 4.78 is 5.80. The molecule has 1 N–H and O–H groups in total. The van der Waals surface area contributed by atoms with Crippen LogP contribution >= 0.6 is 0 Å². The molecule has 0 radical (unpaired) electrons. The van der Waals surface area contributed by atoms with Crippen molar-refractivity contribution >= 4 is 5.82 Å². The van der Waals surface area contributed by atoms with E-state index in [1.54, 1.807) is 0 Å². The van der Waals surface area contributed by atoms with Gasteiger partial charge < -0.3 is 10.1 Å². The predicted octanol–water partition coefficient (Wildman–Crippen LogP) is 3.91. The zero-order valence-electron chi connectivity index (χ0n) is 12.9. The number of hydrogen-bond donors (Lipinski definition) is 1. The standard InChI is InChI=1S/C15H27N3O/c1-6-8-10-19-15-12(5)14(16-9-7-2)17-13(18-15)11(3)4/h11H,6-10H2,1-5H3,(H,16,17,18). The third kappa shape index (κ3) is 4.69. The normalized spacial score (nSPS) is 10.8. The Morgan fingerprint density at radius 1 is 1.16 bits per heavy atom. The van der Waals surface area contributed by atoms with Gasteiger partial charge in [0.25, 0.3) is 0 Å². The monoisotopic (exact) mass is 265 g/mol. The lowest BCUT2D eigenvalue weighted by Crippen LogP contribution is -2.11. The molecular formula is C15H27N3O. The molecule has 0 aliphatic rings. The van der Waals surface area contributed by atoms with Crippen LogP contribution in [0.2, 0.25) is 0 Å². The lowest BCUT2D eigenvalue weighted by Gasteiger charge is -2.15. The Hall–Kier alpha value is -1.32. The van der Waals surface area contributed by atoms with Crippen LogP contribution in [-0.2, 0) is 0 Å². The first-order chi connectivity index (χ1) is 9.10. The molecule has 1 aromatic heterocycles. The van der Waals surface area contributed by atoms with E-state index in [0.29, 0.717) is 5.92 Å². The summed E-state index contributed by atoms with van der Waals surface area (Å²) in [5.41, 5.74) is 1.01. The number of anilines is 1. The summed E-state index contributed by atoms with van der Waals surface area (Å²) in [6, 6.07) is 0. The van der Waals surface area contributed by atoms with E-state index in [4.69, 9.17) is 4.74 Å². The SMILES string of the molecule is CCCCOc1nc(C(C)C)nc(NCCC)c1C. The Balaban J connectivity index is 2.95. The van der Waals surface area contributed by atoms with Crippen molar-refractivity contribution in [3.05, 3.63) is 11.4 Å². The van der Waals surface area contributed by atoms with Crippen LogP contribution in [-0.4, -0.2) is 23.1 Å². The van der Waals surface area contributed by atoms with Crippen LogP contribution in [0, 0.1) is 6.92 Å². The van der Waals surface area contributed by atoms with Crippen molar-refractivity contribution in [2.45, 2.75) is 59.8 Å². The fourth-order valence-electron chi connectivity index (χ4n) is 1.64. The summed E-state index contributed by atoms with van der Waals surface area (Å²) in [5.74, 6) is 2.78. The highest BCUT2D eigenvalue weighted by atomic mass is 16.5. The largest absolute Gasteiger partial charge is 0.477 e. The number of rotatable bonds is 8. The molecule has 0 unspecified atom stereocenters. The Morgan fingerprint density at radius 2 is 1.89 bits per heavy atom. The average Bonchev–Trinajstić information content (AvgIpc) is 2.39. The maximum atomic E-state index is 5.80. The van der Waals surface area contributed by atoms with E-state index in [0.717, 1.165) is 55.5 Å². The van der Waals surface area contributed by atoms with Crippen molar-refractivity contribution in [1.82, 2.24) is 9.97 Å². The van der Waals surface area contributed by atoms with Gasteiger partial charge in [-0.1, -0.05) is 34.1 Å². The van der Waals surface area contributed by atoms with Gasteiger partial charge in [-0.05, 0) is 19.8 Å². The fraction of sp³-hybridized carbons (Fsp3) is 0.733. The highest BCUT2D eigenvalue weighted by molar-refractivity contribution is 5.48. The number of hydrogen-bond acceptors (Lipinski definition) is 4. The molecule has 0 amide bonds. The highest BCUT2D eigenvalue weighted by Crippen LogP contribution is 2.25. The van der Waals surface area contributed by atoms with Gasteiger partial charge in [-0.25, -0.2) is 4.98 Å². The zero-order chi connectivity index (χ0) is 14.3. The molecule has 1 aromatic rings. The summed E-state index contributed by atoms with van der Waals surface area (Å²) in [7, 11) is 0. The molecule has 0 saturated carbocycles. The number of aromatic nitrogens is 2. The first-order valence-corrected chi connectivity index (χ1v) is 7.35. The van der Waals surface area contributed by atoms with E-state index in [1.807, 2.05) is 6.92 Å². The Morgan fingerprint density at radius 3 is 2.47 bits per heavy atom. The number of nitrogens with one attached hydrogen (secondary N) is 1. The number of ether oxygens (including phenoxy) is 1. The minimum Gasteiger partial charge on any atom is -0.477 e. The molecule has 0 bridgehead atoms. The minimum atomic E-state index is 0.302. The second kappa shape index (κ2) is 7.97. The Bertz CT molecular complexity index is 391. The molecule has 1 rings (SSSR count). The van der Waals surface area contributed by atoms with Crippen molar-refractivity contribution in [1.29, 1.82) is 0 Å². The van der Waals surface area contributed by atoms with E-state index >= 15 is 0 Å². The number of unbranched alkanes of at least 4 members (excludes halogenated alkanes) is 1. The highest BCUT2D eigenvalue weighted by Gasteiger charge is 2.13. The van der Waals surface area contributed by atoms with Crippen LogP contribution < -0.4 is 10.1 Å². The van der Waals surface area contributed by atoms with Crippen LogP contribution in [0.15, 0.2) is 0 Å². The van der Waals surface area contributed by atoms with Crippen molar-refractivity contribution in [2.75, 3.05) is 18.5 Å². The molecule has 0 aromatic carbocycles. The topological polar surface area (TPSA) is 47.0 Å². The summed E-state index contributed by atoms with van der Waals surface area (Å²) in [6.45, 7) is 12.2. The second-order valence-electron chi connectivity index (χ2n) is 5.14. The maximum Gasteiger partial charge on any atom is 0.221 e. The van der Waals surface area contributed by atoms with Crippen LogP contribution in [0.4, 0.5) is 5.82 Å². The van der Waals surface area contributed by atoms with Crippen molar-refractivity contribution in [3.63, 3.8) is 0 Å². The van der Waals surface area contributed by atoms with E-state index in [2.05, 4.69) is 43.0 Å². The second-order valence-corrected chi connectivity index (χ2v) is 5.14. The molecule has 19 heavy (non-hydrogen) atoms. The first kappa shape index (κ1) is 15.7. The predicted molar refractivity (Wildman–Crippen MR) is 80.0 cm³/mol. The van der Waals surface area contributed by atoms with E-state index in [-0.39, 0.29) is 0 Å². The van der Waals surface area contributed by atoms with Crippen LogP contribution in [0.5, 0.6) is 5.88 Å². The molecule has 0 fully saturated rings. The van der Waals surface area contributed by atoms with Gasteiger partial charge in [-0.2, -0.15) is 4.98 Å². The van der Waals surface area contributed by atoms with Gasteiger partial charge in [0.05, 0.1) is 12.2 Å². The van der Waals surface area contributed by atoms with Gasteiger partial charge in [-0.3, -0.25) is 0 Å². The summed E-state index contributed by atoms with van der Waals surface area (Å²) in [4.78, 5) is 9.13. The van der Waals surface area contributed by atoms with Crippen molar-refractivity contribution in [2.24, 2.45) is 0 Å². The fourth-order valence-corrected chi connectivity index (χ4v) is 1.64. The molecule has 108 valence electrons. The molecular weight excluding hydrogens is 238 g/mol. The third-order valence-corrected chi connectivity index (χ3v) is 2.91. The van der Waals surface area contributed by atoms with E-state index in [9.17, 15) is 0 Å².